The highest BCUT2D eigenvalue weighted by Gasteiger charge is 2.17. The van der Waals surface area contributed by atoms with Gasteiger partial charge >= 0.3 is 0 Å². The van der Waals surface area contributed by atoms with Gasteiger partial charge in [0.05, 0.1) is 6.61 Å². The lowest BCUT2D eigenvalue weighted by Crippen LogP contribution is -2.26. The van der Waals surface area contributed by atoms with Gasteiger partial charge in [-0.25, -0.2) is 4.98 Å². The summed E-state index contributed by atoms with van der Waals surface area (Å²) in [5.41, 5.74) is 4.27. The number of aromatic nitrogens is 3. The molecule has 1 aromatic carbocycles. The van der Waals surface area contributed by atoms with Crippen LogP contribution < -0.4 is 9.64 Å². The lowest BCUT2D eigenvalue weighted by Gasteiger charge is -2.23. The van der Waals surface area contributed by atoms with E-state index < -0.39 is 6.10 Å². The van der Waals surface area contributed by atoms with E-state index in [2.05, 4.69) is 33.9 Å². The molecule has 0 spiro atoms. The van der Waals surface area contributed by atoms with Crippen LogP contribution in [0, 0.1) is 20.8 Å². The molecule has 8 nitrogen and oxygen atoms in total. The molecule has 2 N–H and O–H groups in total. The van der Waals surface area contributed by atoms with Crippen molar-refractivity contribution in [2.45, 2.75) is 46.8 Å². The van der Waals surface area contributed by atoms with Gasteiger partial charge in [0.25, 0.3) is 5.89 Å². The number of benzene rings is 1. The molecule has 8 heteroatoms. The molecule has 0 bridgehead atoms. The molecule has 0 unspecified atom stereocenters. The van der Waals surface area contributed by atoms with E-state index in [0.29, 0.717) is 23.5 Å². The third kappa shape index (κ3) is 5.21. The molecule has 2 aromatic heterocycles. The van der Waals surface area contributed by atoms with Crippen molar-refractivity contribution in [3.63, 3.8) is 0 Å². The van der Waals surface area contributed by atoms with E-state index in [-0.39, 0.29) is 13.2 Å². The molecule has 31 heavy (non-hydrogen) atoms. The highest BCUT2D eigenvalue weighted by Crippen LogP contribution is 2.31. The molecule has 1 atom stereocenters. The van der Waals surface area contributed by atoms with Crippen molar-refractivity contribution in [1.82, 2.24) is 15.1 Å². The maximum Gasteiger partial charge on any atom is 0.258 e. The van der Waals surface area contributed by atoms with E-state index in [1.54, 1.807) is 0 Å². The average Bonchev–Trinajstić information content (AvgIpc) is 3.22. The number of hydrogen-bond donors (Lipinski definition) is 2. The number of aliphatic hydroxyl groups excluding tert-OH is 2. The Balaban J connectivity index is 1.89. The largest absolute Gasteiger partial charge is 0.490 e. The minimum absolute atomic E-state index is 0.0262. The van der Waals surface area contributed by atoms with Gasteiger partial charge in [0.15, 0.2) is 0 Å². The highest BCUT2D eigenvalue weighted by molar-refractivity contribution is 5.65. The molecule has 0 fully saturated rings. The number of pyridine rings is 1. The van der Waals surface area contributed by atoms with Crippen LogP contribution in [0.1, 0.15) is 30.7 Å². The van der Waals surface area contributed by atoms with Gasteiger partial charge in [0.1, 0.15) is 24.3 Å². The van der Waals surface area contributed by atoms with E-state index in [4.69, 9.17) is 14.4 Å². The Morgan fingerprint density at radius 2 is 1.71 bits per heavy atom. The first-order chi connectivity index (χ1) is 14.7. The molecule has 0 radical (unpaired) electrons. The van der Waals surface area contributed by atoms with Gasteiger partial charge < -0.3 is 24.4 Å². The fourth-order valence-electron chi connectivity index (χ4n) is 3.22. The SMILES string of the molecule is Cc1cc(-c2nc(-c3cc(C)c(OC[C@@H](O)CO)c(C)c3)no2)cc(N(C)C(C)C)n1. The van der Waals surface area contributed by atoms with Gasteiger partial charge in [-0.15, -0.1) is 0 Å². The smallest absolute Gasteiger partial charge is 0.258 e. The van der Waals surface area contributed by atoms with Gasteiger partial charge in [-0.05, 0) is 70.0 Å². The monoisotopic (exact) mass is 426 g/mol. The molecule has 0 saturated heterocycles. The zero-order valence-electron chi connectivity index (χ0n) is 18.9. The normalized spacial score (nSPS) is 12.3. The zero-order valence-corrected chi connectivity index (χ0v) is 18.9. The Morgan fingerprint density at radius 3 is 2.32 bits per heavy atom. The molecule has 3 aromatic rings. The molecular weight excluding hydrogens is 396 g/mol. The average molecular weight is 427 g/mol. The fraction of sp³-hybridized carbons (Fsp3) is 0.435. The zero-order chi connectivity index (χ0) is 22.7. The maximum absolute atomic E-state index is 9.53. The van der Waals surface area contributed by atoms with Gasteiger partial charge in [-0.1, -0.05) is 5.16 Å². The summed E-state index contributed by atoms with van der Waals surface area (Å²) in [5.74, 6) is 2.44. The Hall–Kier alpha value is -2.97. The number of ether oxygens (including phenoxy) is 1. The molecule has 0 aliphatic carbocycles. The topological polar surface area (TPSA) is 105 Å². The second kappa shape index (κ2) is 9.45. The van der Waals surface area contributed by atoms with Gasteiger partial charge in [0.2, 0.25) is 5.82 Å². The van der Waals surface area contributed by atoms with Crippen LogP contribution in [0.15, 0.2) is 28.8 Å². The van der Waals surface area contributed by atoms with E-state index in [1.807, 2.05) is 52.1 Å². The van der Waals surface area contributed by atoms with Crippen molar-refractivity contribution < 1.29 is 19.5 Å². The first kappa shape index (κ1) is 22.7. The molecule has 0 amide bonds. The van der Waals surface area contributed by atoms with Crippen molar-refractivity contribution >= 4 is 5.82 Å². The van der Waals surface area contributed by atoms with Gasteiger partial charge in [0, 0.05) is 29.9 Å². The molecular formula is C23H30N4O4. The lowest BCUT2D eigenvalue weighted by atomic mass is 10.1. The second-order valence-electron chi connectivity index (χ2n) is 8.07. The highest BCUT2D eigenvalue weighted by atomic mass is 16.5. The standard InChI is InChI=1S/C23H30N4O4/c1-13(2)27(6)20-10-18(9-16(5)24-20)23-25-22(26-31-23)17-7-14(3)21(15(4)8-17)30-12-19(29)11-28/h7-10,13,19,28-29H,11-12H2,1-6H3/t19-/m0/s1. The van der Waals surface area contributed by atoms with Crippen LogP contribution in [0.2, 0.25) is 0 Å². The van der Waals surface area contributed by atoms with E-state index in [1.165, 1.54) is 0 Å². The van der Waals surface area contributed by atoms with Crippen LogP contribution >= 0.6 is 0 Å². The fourth-order valence-corrected chi connectivity index (χ4v) is 3.22. The summed E-state index contributed by atoms with van der Waals surface area (Å²) in [7, 11) is 2.00. The summed E-state index contributed by atoms with van der Waals surface area (Å²) in [4.78, 5) is 11.3. The van der Waals surface area contributed by atoms with Gasteiger partial charge in [-0.2, -0.15) is 4.98 Å². The first-order valence-corrected chi connectivity index (χ1v) is 10.3. The summed E-state index contributed by atoms with van der Waals surface area (Å²) in [6.07, 6.45) is -0.915. The van der Waals surface area contributed by atoms with Crippen molar-refractivity contribution in [2.24, 2.45) is 0 Å². The Morgan fingerprint density at radius 1 is 1.03 bits per heavy atom. The molecule has 0 aliphatic rings. The van der Waals surface area contributed by atoms with Crippen molar-refractivity contribution in [3.8, 4) is 28.6 Å². The van der Waals surface area contributed by atoms with Crippen LogP contribution in [0.5, 0.6) is 5.75 Å². The van der Waals surface area contributed by atoms with Crippen LogP contribution in [-0.2, 0) is 0 Å². The van der Waals surface area contributed by atoms with Crippen molar-refractivity contribution in [2.75, 3.05) is 25.2 Å². The van der Waals surface area contributed by atoms with Crippen LogP contribution in [0.3, 0.4) is 0 Å². The van der Waals surface area contributed by atoms with Crippen LogP contribution in [-0.4, -0.2) is 57.7 Å². The predicted molar refractivity (Wildman–Crippen MR) is 119 cm³/mol. The molecule has 3 rings (SSSR count). The van der Waals surface area contributed by atoms with E-state index in [0.717, 1.165) is 33.8 Å². The summed E-state index contributed by atoms with van der Waals surface area (Å²) < 4.78 is 11.2. The minimum Gasteiger partial charge on any atom is -0.490 e. The third-order valence-electron chi connectivity index (χ3n) is 5.10. The van der Waals surface area contributed by atoms with E-state index in [9.17, 15) is 5.11 Å². The lowest BCUT2D eigenvalue weighted by molar-refractivity contribution is 0.0532. The number of aliphatic hydroxyl groups is 2. The molecule has 2 heterocycles. The van der Waals surface area contributed by atoms with Crippen molar-refractivity contribution in [3.05, 3.63) is 41.1 Å². The second-order valence-corrected chi connectivity index (χ2v) is 8.07. The number of rotatable bonds is 8. The Kier molecular flexibility index (Phi) is 6.92. The number of hydrogen-bond acceptors (Lipinski definition) is 8. The minimum atomic E-state index is -0.915. The molecule has 0 aliphatic heterocycles. The number of aryl methyl sites for hydroxylation is 3. The van der Waals surface area contributed by atoms with Crippen LogP contribution in [0.4, 0.5) is 5.82 Å². The quantitative estimate of drug-likeness (QED) is 0.565. The first-order valence-electron chi connectivity index (χ1n) is 10.3. The number of anilines is 1. The number of nitrogens with zero attached hydrogens (tertiary/aromatic N) is 4. The van der Waals surface area contributed by atoms with Gasteiger partial charge in [-0.3, -0.25) is 0 Å². The third-order valence-corrected chi connectivity index (χ3v) is 5.10. The molecule has 166 valence electrons. The summed E-state index contributed by atoms with van der Waals surface area (Å²) in [6, 6.07) is 8.01. The summed E-state index contributed by atoms with van der Waals surface area (Å²) >= 11 is 0. The Labute approximate surface area is 182 Å². The predicted octanol–water partition coefficient (Wildman–Crippen LogP) is 3.30. The van der Waals surface area contributed by atoms with Crippen molar-refractivity contribution in [1.29, 1.82) is 0 Å². The maximum atomic E-state index is 9.53. The van der Waals surface area contributed by atoms with Crippen LogP contribution in [0.25, 0.3) is 22.8 Å². The Bertz CT molecular complexity index is 1020. The van der Waals surface area contributed by atoms with E-state index >= 15 is 0 Å². The summed E-state index contributed by atoms with van der Waals surface area (Å²) in [5, 5.41) is 22.7. The molecule has 0 saturated carbocycles. The summed E-state index contributed by atoms with van der Waals surface area (Å²) in [6.45, 7) is 9.67.